The number of halogens is 1. The number of aromatic nitrogens is 2. The molecule has 5 rings (SSSR count). The summed E-state index contributed by atoms with van der Waals surface area (Å²) in [4.78, 5) is 35.1. The maximum atomic E-state index is 13.2. The van der Waals surface area contributed by atoms with Crippen LogP contribution in [0.15, 0.2) is 60.8 Å². The summed E-state index contributed by atoms with van der Waals surface area (Å²) in [5.74, 6) is 0.536. The molecule has 1 amide bonds. The Bertz CT molecular complexity index is 1600. The Morgan fingerprint density at radius 2 is 1.95 bits per heavy atom. The molecule has 0 spiro atoms. The van der Waals surface area contributed by atoms with E-state index in [0.717, 1.165) is 33.5 Å². The number of fused-ring (bicyclic) bond motifs is 3. The summed E-state index contributed by atoms with van der Waals surface area (Å²) in [7, 11) is 0. The number of anilines is 3. The quantitative estimate of drug-likeness (QED) is 0.223. The van der Waals surface area contributed by atoms with Gasteiger partial charge in [-0.3, -0.25) is 4.79 Å². The van der Waals surface area contributed by atoms with Crippen LogP contribution in [-0.4, -0.2) is 40.1 Å². The molecule has 0 fully saturated rings. The fourth-order valence-corrected chi connectivity index (χ4v) is 4.82. The van der Waals surface area contributed by atoms with Gasteiger partial charge in [0.1, 0.15) is 16.7 Å². The zero-order valence-electron chi connectivity index (χ0n) is 20.9. The van der Waals surface area contributed by atoms with Gasteiger partial charge in [-0.15, -0.1) is 0 Å². The molecule has 9 heteroatoms. The molecule has 1 aliphatic rings. The van der Waals surface area contributed by atoms with Crippen LogP contribution in [-0.2, 0) is 11.2 Å². The van der Waals surface area contributed by atoms with Crippen molar-refractivity contribution in [1.82, 2.24) is 9.97 Å². The molecule has 0 saturated heterocycles. The summed E-state index contributed by atoms with van der Waals surface area (Å²) < 4.78 is 6.12. The second-order valence-corrected chi connectivity index (χ2v) is 9.23. The van der Waals surface area contributed by atoms with Gasteiger partial charge in [0.25, 0.3) is 5.91 Å². The number of amides is 1. The van der Waals surface area contributed by atoms with E-state index in [0.29, 0.717) is 53.4 Å². The molecule has 192 valence electrons. The van der Waals surface area contributed by atoms with E-state index in [2.05, 4.69) is 15.3 Å². The lowest BCUT2D eigenvalue weighted by Crippen LogP contribution is -2.20. The van der Waals surface area contributed by atoms with Crippen LogP contribution >= 0.6 is 11.6 Å². The average molecular weight is 529 g/mol. The van der Waals surface area contributed by atoms with Gasteiger partial charge >= 0.3 is 5.97 Å². The van der Waals surface area contributed by atoms with E-state index >= 15 is 0 Å². The number of aryl methyl sites for hydroxylation is 1. The Hall–Kier alpha value is -4.43. The van der Waals surface area contributed by atoms with Crippen LogP contribution in [0.25, 0.3) is 16.8 Å². The molecular weight excluding hydrogens is 504 g/mol. The van der Waals surface area contributed by atoms with Gasteiger partial charge in [0.15, 0.2) is 5.82 Å². The number of nitrogens with one attached hydrogen (secondary N) is 1. The topological polar surface area (TPSA) is 105 Å². The first kappa shape index (κ1) is 25.2. The lowest BCUT2D eigenvalue weighted by Gasteiger charge is -2.23. The highest BCUT2D eigenvalue weighted by Crippen LogP contribution is 2.38. The van der Waals surface area contributed by atoms with Crippen LogP contribution in [0.3, 0.4) is 0 Å². The van der Waals surface area contributed by atoms with Crippen LogP contribution in [0.4, 0.5) is 17.3 Å². The zero-order chi connectivity index (χ0) is 26.8. The van der Waals surface area contributed by atoms with Crippen molar-refractivity contribution in [3.8, 4) is 5.75 Å². The molecule has 0 bridgehead atoms. The highest BCUT2D eigenvalue weighted by molar-refractivity contribution is 6.30. The van der Waals surface area contributed by atoms with Crippen molar-refractivity contribution in [1.29, 1.82) is 0 Å². The lowest BCUT2D eigenvalue weighted by atomic mass is 10.0. The minimum absolute atomic E-state index is 0.254. The lowest BCUT2D eigenvalue weighted by molar-refractivity contribution is -0.131. The number of pyridine rings is 2. The first-order chi connectivity index (χ1) is 18.4. The Balaban J connectivity index is 1.38. The van der Waals surface area contributed by atoms with Gasteiger partial charge in [-0.1, -0.05) is 41.9 Å². The van der Waals surface area contributed by atoms with Crippen LogP contribution in [0.5, 0.6) is 5.75 Å². The van der Waals surface area contributed by atoms with E-state index in [9.17, 15) is 9.59 Å². The summed E-state index contributed by atoms with van der Waals surface area (Å²) in [5, 5.41) is 14.1. The summed E-state index contributed by atoms with van der Waals surface area (Å²) in [5.41, 5.74) is 3.55. The number of hydrogen-bond donors (Lipinski definition) is 2. The maximum Gasteiger partial charge on any atom is 0.328 e. The third-order valence-corrected chi connectivity index (χ3v) is 6.57. The number of rotatable bonds is 7. The van der Waals surface area contributed by atoms with E-state index in [1.807, 2.05) is 61.2 Å². The Labute approximate surface area is 224 Å². The molecule has 0 aliphatic carbocycles. The molecule has 0 atom stereocenters. The summed E-state index contributed by atoms with van der Waals surface area (Å²) in [6.45, 7) is 4.77. The number of hydrogen-bond acceptors (Lipinski definition) is 6. The van der Waals surface area contributed by atoms with E-state index in [1.165, 1.54) is 0 Å². The van der Waals surface area contributed by atoms with Crippen molar-refractivity contribution in [2.45, 2.75) is 20.3 Å². The Kier molecular flexibility index (Phi) is 6.98. The fraction of sp³-hybridized carbons (Fsp3) is 0.172. The second kappa shape index (κ2) is 10.5. The standard InChI is InChI=1S/C29H25ClN4O4/c1-3-34-27-22(29(37)33-26-17(2)14-24(30)32-28(26)34)15-18(16-31-27)12-13-38-23-10-8-19(9-11-25(35)36)20-6-4-5-7-21(20)23/h4-11,14-16H,3,12-13H2,1-2H3,(H,33,37)(H,35,36)/b11-9+. The second-order valence-electron chi connectivity index (χ2n) is 8.84. The number of benzene rings is 2. The predicted octanol–water partition coefficient (Wildman–Crippen LogP) is 6.03. The number of carboxylic acid groups (broad SMARTS) is 1. The normalized spacial score (nSPS) is 12.7. The van der Waals surface area contributed by atoms with E-state index < -0.39 is 5.97 Å². The molecule has 38 heavy (non-hydrogen) atoms. The molecule has 0 saturated carbocycles. The molecule has 8 nitrogen and oxygen atoms in total. The number of carbonyl (C=O) groups is 2. The van der Waals surface area contributed by atoms with E-state index in [-0.39, 0.29) is 5.91 Å². The largest absolute Gasteiger partial charge is 0.493 e. The molecule has 2 aromatic heterocycles. The van der Waals surface area contributed by atoms with Gasteiger partial charge in [0.2, 0.25) is 0 Å². The van der Waals surface area contributed by atoms with Gasteiger partial charge in [0.05, 0.1) is 17.9 Å². The highest BCUT2D eigenvalue weighted by atomic mass is 35.5. The van der Waals surface area contributed by atoms with Crippen LogP contribution in [0.1, 0.15) is 34.0 Å². The number of carboxylic acids is 1. The number of ether oxygens (including phenoxy) is 1. The molecule has 1 aliphatic heterocycles. The molecule has 0 radical (unpaired) electrons. The third kappa shape index (κ3) is 4.90. The zero-order valence-corrected chi connectivity index (χ0v) is 21.6. The third-order valence-electron chi connectivity index (χ3n) is 6.37. The van der Waals surface area contributed by atoms with Gasteiger partial charge in [-0.05, 0) is 60.2 Å². The highest BCUT2D eigenvalue weighted by Gasteiger charge is 2.28. The summed E-state index contributed by atoms with van der Waals surface area (Å²) >= 11 is 6.22. The predicted molar refractivity (Wildman–Crippen MR) is 149 cm³/mol. The van der Waals surface area contributed by atoms with Crippen molar-refractivity contribution in [3.63, 3.8) is 0 Å². The monoisotopic (exact) mass is 528 g/mol. The minimum Gasteiger partial charge on any atom is -0.493 e. The molecule has 4 aromatic rings. The minimum atomic E-state index is -1.00. The van der Waals surface area contributed by atoms with Crippen molar-refractivity contribution < 1.29 is 19.4 Å². The smallest absolute Gasteiger partial charge is 0.328 e. The van der Waals surface area contributed by atoms with Crippen molar-refractivity contribution in [2.75, 3.05) is 23.4 Å². The Morgan fingerprint density at radius 3 is 2.71 bits per heavy atom. The Morgan fingerprint density at radius 1 is 1.16 bits per heavy atom. The number of carbonyl (C=O) groups excluding carboxylic acids is 1. The van der Waals surface area contributed by atoms with Gasteiger partial charge in [0, 0.05) is 30.6 Å². The molecular formula is C29H25ClN4O4. The molecule has 0 unspecified atom stereocenters. The maximum absolute atomic E-state index is 13.2. The summed E-state index contributed by atoms with van der Waals surface area (Å²) in [6, 6.07) is 14.9. The van der Waals surface area contributed by atoms with Gasteiger partial charge in [-0.2, -0.15) is 0 Å². The SMILES string of the molecule is CCN1c2ncc(CCOc3ccc(/C=C/C(=O)O)c4ccccc34)cc2C(=O)Nc2c(C)cc(Cl)nc21. The van der Waals surface area contributed by atoms with Crippen LogP contribution < -0.4 is 15.0 Å². The fourth-order valence-electron chi connectivity index (χ4n) is 4.57. The van der Waals surface area contributed by atoms with Crippen LogP contribution in [0.2, 0.25) is 5.15 Å². The molecule has 2 aromatic carbocycles. The summed E-state index contributed by atoms with van der Waals surface area (Å²) in [6.07, 6.45) is 4.97. The van der Waals surface area contributed by atoms with Gasteiger partial charge in [-0.25, -0.2) is 14.8 Å². The number of nitrogens with zero attached hydrogens (tertiary/aromatic N) is 3. The molecule has 3 heterocycles. The van der Waals surface area contributed by atoms with Gasteiger partial charge < -0.3 is 20.1 Å². The van der Waals surface area contributed by atoms with Crippen LogP contribution in [0, 0.1) is 6.92 Å². The first-order valence-electron chi connectivity index (χ1n) is 12.2. The average Bonchev–Trinajstić information content (AvgIpc) is 3.01. The number of aliphatic carboxylic acids is 1. The van der Waals surface area contributed by atoms with Crippen molar-refractivity contribution in [3.05, 3.63) is 88.2 Å². The van der Waals surface area contributed by atoms with E-state index in [1.54, 1.807) is 18.3 Å². The molecule has 2 N–H and O–H groups in total. The van der Waals surface area contributed by atoms with Crippen molar-refractivity contribution in [2.24, 2.45) is 0 Å². The van der Waals surface area contributed by atoms with E-state index in [4.69, 9.17) is 21.4 Å². The van der Waals surface area contributed by atoms with Crippen molar-refractivity contribution >= 4 is 57.6 Å². The first-order valence-corrected chi connectivity index (χ1v) is 12.5.